The Bertz CT molecular complexity index is 842. The molecule has 1 aromatic heterocycles. The van der Waals surface area contributed by atoms with E-state index in [-0.39, 0.29) is 17.4 Å². The van der Waals surface area contributed by atoms with Crippen LogP contribution in [0.1, 0.15) is 18.9 Å². The van der Waals surface area contributed by atoms with E-state index in [1.807, 2.05) is 47.1 Å². The minimum atomic E-state index is -0.215. The van der Waals surface area contributed by atoms with Crippen LogP contribution < -0.4 is 5.32 Å². The van der Waals surface area contributed by atoms with Crippen molar-refractivity contribution in [2.75, 3.05) is 44.6 Å². The number of nitrogens with one attached hydrogen (secondary N) is 1. The second kappa shape index (κ2) is 8.55. The van der Waals surface area contributed by atoms with Crippen LogP contribution in [0, 0.1) is 5.41 Å². The molecule has 7 heteroatoms. The van der Waals surface area contributed by atoms with Crippen LogP contribution in [0.15, 0.2) is 47.2 Å². The lowest BCUT2D eigenvalue weighted by molar-refractivity contribution is -0.127. The van der Waals surface area contributed by atoms with E-state index in [0.717, 1.165) is 38.4 Å². The van der Waals surface area contributed by atoms with E-state index in [1.54, 1.807) is 11.3 Å². The number of rotatable bonds is 4. The molecule has 1 spiro atoms. The van der Waals surface area contributed by atoms with Gasteiger partial charge in [0.1, 0.15) is 0 Å². The molecule has 154 valence electrons. The fraction of sp³-hybridized carbons (Fsp3) is 0.455. The number of urea groups is 1. The SMILES string of the molecule is CCN1C[C@]2(CC1=O)CN(Cc1ccsc1)CCN(C(=O)Nc1ccccc1)C2. The summed E-state index contributed by atoms with van der Waals surface area (Å²) < 4.78 is 0. The normalized spacial score (nSPS) is 22.9. The summed E-state index contributed by atoms with van der Waals surface area (Å²) in [5.41, 5.74) is 1.88. The molecule has 0 radical (unpaired) electrons. The first-order valence-electron chi connectivity index (χ1n) is 10.2. The molecule has 1 aromatic carbocycles. The van der Waals surface area contributed by atoms with E-state index < -0.39 is 0 Å². The quantitative estimate of drug-likeness (QED) is 0.838. The number of amides is 3. The molecule has 0 aliphatic carbocycles. The second-order valence-electron chi connectivity index (χ2n) is 8.14. The first-order valence-corrected chi connectivity index (χ1v) is 11.1. The highest BCUT2D eigenvalue weighted by molar-refractivity contribution is 7.07. The third-order valence-electron chi connectivity index (χ3n) is 5.86. The number of thiophene rings is 1. The molecule has 0 saturated carbocycles. The zero-order valence-corrected chi connectivity index (χ0v) is 17.7. The highest BCUT2D eigenvalue weighted by Gasteiger charge is 2.46. The molecular formula is C22H28N4O2S. The minimum absolute atomic E-state index is 0.0876. The lowest BCUT2D eigenvalue weighted by atomic mass is 9.86. The number of carbonyl (C=O) groups excluding carboxylic acids is 2. The number of anilines is 1. The van der Waals surface area contributed by atoms with Crippen LogP contribution in [0.3, 0.4) is 0 Å². The largest absolute Gasteiger partial charge is 0.342 e. The second-order valence-corrected chi connectivity index (χ2v) is 8.92. The van der Waals surface area contributed by atoms with Gasteiger partial charge in [-0.2, -0.15) is 11.3 Å². The number of para-hydroxylation sites is 1. The first-order chi connectivity index (χ1) is 14.1. The van der Waals surface area contributed by atoms with Gasteiger partial charge in [0.05, 0.1) is 0 Å². The zero-order valence-electron chi connectivity index (χ0n) is 16.8. The number of benzene rings is 1. The van der Waals surface area contributed by atoms with E-state index in [1.165, 1.54) is 5.56 Å². The maximum Gasteiger partial charge on any atom is 0.321 e. The molecule has 29 heavy (non-hydrogen) atoms. The third-order valence-corrected chi connectivity index (χ3v) is 6.59. The molecule has 2 saturated heterocycles. The van der Waals surface area contributed by atoms with Gasteiger partial charge in [-0.05, 0) is 41.4 Å². The van der Waals surface area contributed by atoms with Gasteiger partial charge in [-0.1, -0.05) is 18.2 Å². The van der Waals surface area contributed by atoms with Crippen LogP contribution in [0.2, 0.25) is 0 Å². The lowest BCUT2D eigenvalue weighted by Crippen LogP contribution is -2.45. The Hall–Kier alpha value is -2.38. The molecule has 6 nitrogen and oxygen atoms in total. The van der Waals surface area contributed by atoms with Gasteiger partial charge in [0.2, 0.25) is 5.91 Å². The van der Waals surface area contributed by atoms with Crippen LogP contribution in [0.4, 0.5) is 10.5 Å². The van der Waals surface area contributed by atoms with Crippen molar-refractivity contribution in [1.29, 1.82) is 0 Å². The van der Waals surface area contributed by atoms with Crippen LogP contribution in [-0.4, -0.2) is 65.9 Å². The van der Waals surface area contributed by atoms with Gasteiger partial charge in [0.25, 0.3) is 0 Å². The van der Waals surface area contributed by atoms with Crippen molar-refractivity contribution in [1.82, 2.24) is 14.7 Å². The summed E-state index contributed by atoms with van der Waals surface area (Å²) in [4.78, 5) is 31.8. The van der Waals surface area contributed by atoms with Crippen molar-refractivity contribution in [3.63, 3.8) is 0 Å². The Morgan fingerprint density at radius 3 is 2.66 bits per heavy atom. The lowest BCUT2D eigenvalue weighted by Gasteiger charge is -2.33. The summed E-state index contributed by atoms with van der Waals surface area (Å²) >= 11 is 1.70. The average molecular weight is 413 g/mol. The van der Waals surface area contributed by atoms with Gasteiger partial charge >= 0.3 is 6.03 Å². The van der Waals surface area contributed by atoms with Crippen LogP contribution in [0.25, 0.3) is 0 Å². The van der Waals surface area contributed by atoms with E-state index in [2.05, 4.69) is 27.0 Å². The van der Waals surface area contributed by atoms with Gasteiger partial charge in [-0.25, -0.2) is 4.79 Å². The summed E-state index contributed by atoms with van der Waals surface area (Å²) in [6, 6.07) is 11.6. The number of likely N-dealkylation sites (tertiary alicyclic amines) is 1. The number of carbonyl (C=O) groups is 2. The monoisotopic (exact) mass is 412 g/mol. The Balaban J connectivity index is 1.53. The van der Waals surface area contributed by atoms with Gasteiger partial charge in [0, 0.05) is 63.3 Å². The van der Waals surface area contributed by atoms with Crippen molar-refractivity contribution in [2.45, 2.75) is 19.9 Å². The summed E-state index contributed by atoms with van der Waals surface area (Å²) in [5, 5.41) is 7.29. The minimum Gasteiger partial charge on any atom is -0.342 e. The van der Waals surface area contributed by atoms with E-state index in [0.29, 0.717) is 19.5 Å². The molecule has 2 aromatic rings. The standard InChI is InChI=1S/C22H28N4O2S/c1-2-25-16-22(12-20(25)27)15-24(13-18-8-11-29-14-18)9-10-26(17-22)21(28)23-19-6-4-3-5-7-19/h3-8,11,14H,2,9-10,12-13,15-17H2,1H3,(H,23,28)/t22-/m0/s1. The van der Waals surface area contributed by atoms with Crippen molar-refractivity contribution >= 4 is 29.0 Å². The molecule has 1 N–H and O–H groups in total. The molecule has 2 aliphatic rings. The van der Waals surface area contributed by atoms with E-state index in [9.17, 15) is 9.59 Å². The maximum atomic E-state index is 13.0. The first kappa shape index (κ1) is 19.9. The highest BCUT2D eigenvalue weighted by atomic mass is 32.1. The Morgan fingerprint density at radius 1 is 1.14 bits per heavy atom. The predicted molar refractivity (Wildman–Crippen MR) is 116 cm³/mol. The predicted octanol–water partition coefficient (Wildman–Crippen LogP) is 3.34. The Morgan fingerprint density at radius 2 is 1.97 bits per heavy atom. The molecule has 3 heterocycles. The Labute approximate surface area is 176 Å². The van der Waals surface area contributed by atoms with Gasteiger partial charge in [-0.15, -0.1) is 0 Å². The van der Waals surface area contributed by atoms with Crippen molar-refractivity contribution in [2.24, 2.45) is 5.41 Å². The van der Waals surface area contributed by atoms with Crippen LogP contribution in [-0.2, 0) is 11.3 Å². The maximum absolute atomic E-state index is 13.0. The van der Waals surface area contributed by atoms with Crippen molar-refractivity contribution in [3.8, 4) is 0 Å². The number of nitrogens with zero attached hydrogens (tertiary/aromatic N) is 3. The average Bonchev–Trinajstić information content (AvgIpc) is 3.28. The summed E-state index contributed by atoms with van der Waals surface area (Å²) in [7, 11) is 0. The highest BCUT2D eigenvalue weighted by Crippen LogP contribution is 2.35. The number of hydrogen-bond acceptors (Lipinski definition) is 4. The molecule has 0 unspecified atom stereocenters. The smallest absolute Gasteiger partial charge is 0.321 e. The fourth-order valence-electron chi connectivity index (χ4n) is 4.50. The van der Waals surface area contributed by atoms with Gasteiger partial charge in [0.15, 0.2) is 0 Å². The fourth-order valence-corrected chi connectivity index (χ4v) is 5.16. The molecule has 0 bridgehead atoms. The molecule has 2 fully saturated rings. The molecular weight excluding hydrogens is 384 g/mol. The molecule has 2 aliphatic heterocycles. The summed E-state index contributed by atoms with van der Waals surface area (Å²) in [6.07, 6.45) is 0.510. The van der Waals surface area contributed by atoms with Crippen molar-refractivity contribution < 1.29 is 9.59 Å². The Kier molecular flexibility index (Phi) is 5.87. The summed E-state index contributed by atoms with van der Waals surface area (Å²) in [6.45, 7) is 7.23. The molecule has 1 atom stereocenters. The van der Waals surface area contributed by atoms with Crippen LogP contribution >= 0.6 is 11.3 Å². The van der Waals surface area contributed by atoms with Gasteiger partial charge < -0.3 is 15.1 Å². The topological polar surface area (TPSA) is 55.9 Å². The summed E-state index contributed by atoms with van der Waals surface area (Å²) in [5.74, 6) is 0.202. The molecule has 3 amide bonds. The van der Waals surface area contributed by atoms with Crippen molar-refractivity contribution in [3.05, 3.63) is 52.7 Å². The third kappa shape index (κ3) is 4.62. The number of hydrogen-bond donors (Lipinski definition) is 1. The van der Waals surface area contributed by atoms with E-state index >= 15 is 0 Å². The van der Waals surface area contributed by atoms with Crippen LogP contribution in [0.5, 0.6) is 0 Å². The molecule has 4 rings (SSSR count). The zero-order chi connectivity index (χ0) is 20.3. The van der Waals surface area contributed by atoms with E-state index in [4.69, 9.17) is 0 Å². The van der Waals surface area contributed by atoms with Gasteiger partial charge in [-0.3, -0.25) is 9.69 Å².